The molecule has 0 fully saturated rings. The molecule has 2 aromatic rings. The van der Waals surface area contributed by atoms with Gasteiger partial charge in [-0.2, -0.15) is 0 Å². The van der Waals surface area contributed by atoms with Gasteiger partial charge in [0.05, 0.1) is 6.10 Å². The molecule has 0 radical (unpaired) electrons. The Morgan fingerprint density at radius 1 is 0.920 bits per heavy atom. The molecule has 5 nitrogen and oxygen atoms in total. The monoisotopic (exact) mass is 340 g/mol. The maximum Gasteiger partial charge on any atom is 0.313 e. The Morgan fingerprint density at radius 3 is 2.12 bits per heavy atom. The first kappa shape index (κ1) is 18.7. The van der Waals surface area contributed by atoms with Gasteiger partial charge in [0, 0.05) is 12.2 Å². The van der Waals surface area contributed by atoms with Crippen LogP contribution in [0.4, 0.5) is 5.69 Å². The van der Waals surface area contributed by atoms with Crippen LogP contribution < -0.4 is 10.6 Å². The van der Waals surface area contributed by atoms with Crippen molar-refractivity contribution in [1.29, 1.82) is 0 Å². The van der Waals surface area contributed by atoms with Crippen molar-refractivity contribution in [3.05, 3.63) is 65.7 Å². The second-order valence-electron chi connectivity index (χ2n) is 6.05. The van der Waals surface area contributed by atoms with Crippen LogP contribution in [0.3, 0.4) is 0 Å². The molecule has 0 saturated carbocycles. The van der Waals surface area contributed by atoms with E-state index in [4.69, 9.17) is 5.11 Å². The van der Waals surface area contributed by atoms with Gasteiger partial charge >= 0.3 is 11.8 Å². The number of anilines is 1. The Hall–Kier alpha value is -2.66. The minimum absolute atomic E-state index is 0.0482. The Kier molecular flexibility index (Phi) is 7.16. The van der Waals surface area contributed by atoms with Crippen molar-refractivity contribution in [3.63, 3.8) is 0 Å². The number of carbonyl (C=O) groups excluding carboxylic acids is 2. The van der Waals surface area contributed by atoms with Crippen LogP contribution >= 0.6 is 0 Å². The molecule has 0 bridgehead atoms. The summed E-state index contributed by atoms with van der Waals surface area (Å²) in [6.07, 6.45) is 2.35. The fourth-order valence-electron chi connectivity index (χ4n) is 2.40. The Balaban J connectivity index is 1.77. The lowest BCUT2D eigenvalue weighted by molar-refractivity contribution is -0.136. The maximum atomic E-state index is 11.7. The summed E-state index contributed by atoms with van der Waals surface area (Å²) in [4.78, 5) is 23.3. The van der Waals surface area contributed by atoms with Gasteiger partial charge in [0.15, 0.2) is 0 Å². The lowest BCUT2D eigenvalue weighted by Gasteiger charge is -2.08. The summed E-state index contributed by atoms with van der Waals surface area (Å²) >= 11 is 0. The number of hydrogen-bond donors (Lipinski definition) is 3. The van der Waals surface area contributed by atoms with E-state index >= 15 is 0 Å². The zero-order chi connectivity index (χ0) is 18.1. The van der Waals surface area contributed by atoms with Crippen LogP contribution in [0, 0.1) is 0 Å². The number of rotatable bonds is 7. The molecule has 0 aliphatic rings. The number of amides is 2. The number of nitrogens with one attached hydrogen (secondary N) is 2. The zero-order valence-corrected chi connectivity index (χ0v) is 14.4. The average molecular weight is 340 g/mol. The number of aliphatic hydroxyl groups excluding tert-OH is 1. The number of carbonyl (C=O) groups is 2. The maximum absolute atomic E-state index is 11.7. The van der Waals surface area contributed by atoms with Gasteiger partial charge in [-0.1, -0.05) is 42.5 Å². The van der Waals surface area contributed by atoms with E-state index in [1.807, 2.05) is 30.3 Å². The topological polar surface area (TPSA) is 78.4 Å². The molecule has 0 saturated heterocycles. The van der Waals surface area contributed by atoms with Gasteiger partial charge in [0.25, 0.3) is 0 Å². The quantitative estimate of drug-likeness (QED) is 0.677. The smallest absolute Gasteiger partial charge is 0.313 e. The largest absolute Gasteiger partial charge is 0.392 e. The highest BCUT2D eigenvalue weighted by atomic mass is 16.3. The highest BCUT2D eigenvalue weighted by molar-refractivity contribution is 6.39. The van der Waals surface area contributed by atoms with Crippen molar-refractivity contribution >= 4 is 17.5 Å². The summed E-state index contributed by atoms with van der Waals surface area (Å²) in [5.41, 5.74) is 3.09. The van der Waals surface area contributed by atoms with Crippen LogP contribution in [-0.4, -0.2) is 29.6 Å². The minimum Gasteiger partial charge on any atom is -0.392 e. The second kappa shape index (κ2) is 9.59. The van der Waals surface area contributed by atoms with Crippen molar-refractivity contribution < 1.29 is 14.7 Å². The van der Waals surface area contributed by atoms with Gasteiger partial charge in [0.1, 0.15) is 0 Å². The van der Waals surface area contributed by atoms with Gasteiger partial charge in [-0.25, -0.2) is 0 Å². The lowest BCUT2D eigenvalue weighted by atomic mass is 10.0. The first-order valence-electron chi connectivity index (χ1n) is 8.44. The predicted molar refractivity (Wildman–Crippen MR) is 98.2 cm³/mol. The van der Waals surface area contributed by atoms with E-state index < -0.39 is 17.9 Å². The molecule has 0 aliphatic carbocycles. The Bertz CT molecular complexity index is 682. The number of hydrogen-bond acceptors (Lipinski definition) is 3. The molecule has 1 unspecified atom stereocenters. The fourth-order valence-corrected chi connectivity index (χ4v) is 2.40. The van der Waals surface area contributed by atoms with Gasteiger partial charge < -0.3 is 15.7 Å². The Labute approximate surface area is 148 Å². The van der Waals surface area contributed by atoms with E-state index in [-0.39, 0.29) is 6.54 Å². The molecule has 0 spiro atoms. The fraction of sp³-hybridized carbons (Fsp3) is 0.300. The Morgan fingerprint density at radius 2 is 1.52 bits per heavy atom. The SMILES string of the molecule is CC(O)CNC(=O)C(=O)Nc1ccc(CCCc2ccccc2)cc1. The zero-order valence-electron chi connectivity index (χ0n) is 14.4. The molecule has 0 aromatic heterocycles. The number of aliphatic hydroxyl groups is 1. The van der Waals surface area contributed by atoms with Crippen molar-refractivity contribution in [2.45, 2.75) is 32.3 Å². The molecule has 0 aliphatic heterocycles. The summed E-state index contributed by atoms with van der Waals surface area (Å²) in [7, 11) is 0. The number of benzene rings is 2. The van der Waals surface area contributed by atoms with Crippen LogP contribution in [0.1, 0.15) is 24.5 Å². The molecule has 1 atom stereocenters. The molecular formula is C20H24N2O3. The third-order valence-corrected chi connectivity index (χ3v) is 3.75. The van der Waals surface area contributed by atoms with Crippen LogP contribution in [0.5, 0.6) is 0 Å². The first-order chi connectivity index (χ1) is 12.0. The third-order valence-electron chi connectivity index (χ3n) is 3.75. The molecule has 5 heteroatoms. The van der Waals surface area contributed by atoms with Gasteiger partial charge in [-0.3, -0.25) is 9.59 Å². The van der Waals surface area contributed by atoms with E-state index in [1.165, 1.54) is 18.1 Å². The second-order valence-corrected chi connectivity index (χ2v) is 6.05. The molecule has 132 valence electrons. The van der Waals surface area contributed by atoms with E-state index in [0.717, 1.165) is 19.3 Å². The van der Waals surface area contributed by atoms with Gasteiger partial charge in [-0.15, -0.1) is 0 Å². The van der Waals surface area contributed by atoms with Crippen molar-refractivity contribution in [3.8, 4) is 0 Å². The lowest BCUT2D eigenvalue weighted by Crippen LogP contribution is -2.38. The van der Waals surface area contributed by atoms with Crippen LogP contribution in [0.25, 0.3) is 0 Å². The summed E-state index contributed by atoms with van der Waals surface area (Å²) in [6, 6.07) is 17.8. The van der Waals surface area contributed by atoms with E-state index in [2.05, 4.69) is 22.8 Å². The molecule has 25 heavy (non-hydrogen) atoms. The standard InChI is InChI=1S/C20H24N2O3/c1-15(23)14-21-19(24)20(25)22-18-12-10-17(11-13-18)9-5-8-16-6-3-2-4-7-16/h2-4,6-7,10-13,15,23H,5,8-9,14H2,1H3,(H,21,24)(H,22,25). The van der Waals surface area contributed by atoms with Crippen LogP contribution in [-0.2, 0) is 22.4 Å². The molecule has 2 amide bonds. The normalized spacial score (nSPS) is 11.6. The molecule has 3 N–H and O–H groups in total. The van der Waals surface area contributed by atoms with Crippen LogP contribution in [0.15, 0.2) is 54.6 Å². The number of aryl methyl sites for hydroxylation is 2. The minimum atomic E-state index is -0.757. The van der Waals surface area contributed by atoms with E-state index in [9.17, 15) is 9.59 Å². The van der Waals surface area contributed by atoms with Gasteiger partial charge in [-0.05, 0) is 49.4 Å². The molecular weight excluding hydrogens is 316 g/mol. The van der Waals surface area contributed by atoms with Crippen molar-refractivity contribution in [2.75, 3.05) is 11.9 Å². The van der Waals surface area contributed by atoms with Crippen molar-refractivity contribution in [1.82, 2.24) is 5.32 Å². The summed E-state index contributed by atoms with van der Waals surface area (Å²) in [6.45, 7) is 1.58. The highest BCUT2D eigenvalue weighted by Crippen LogP contribution is 2.12. The van der Waals surface area contributed by atoms with Gasteiger partial charge in [0.2, 0.25) is 0 Å². The average Bonchev–Trinajstić information content (AvgIpc) is 2.62. The molecule has 0 heterocycles. The summed E-state index contributed by atoms with van der Waals surface area (Å²) in [5.74, 6) is -1.50. The summed E-state index contributed by atoms with van der Waals surface area (Å²) < 4.78 is 0. The third kappa shape index (κ3) is 6.77. The summed E-state index contributed by atoms with van der Waals surface area (Å²) in [5, 5.41) is 14.0. The molecule has 2 rings (SSSR count). The highest BCUT2D eigenvalue weighted by Gasteiger charge is 2.13. The first-order valence-corrected chi connectivity index (χ1v) is 8.44. The van der Waals surface area contributed by atoms with Crippen LogP contribution in [0.2, 0.25) is 0 Å². The molecule has 2 aromatic carbocycles. The van der Waals surface area contributed by atoms with Crippen molar-refractivity contribution in [2.24, 2.45) is 0 Å². The van der Waals surface area contributed by atoms with E-state index in [1.54, 1.807) is 12.1 Å². The predicted octanol–water partition coefficient (Wildman–Crippen LogP) is 2.30. The van der Waals surface area contributed by atoms with E-state index in [0.29, 0.717) is 5.69 Å².